The molecule has 1 atom stereocenters. The summed E-state index contributed by atoms with van der Waals surface area (Å²) in [6.45, 7) is 7.97. The van der Waals surface area contributed by atoms with Crippen molar-refractivity contribution >= 4 is 27.1 Å². The van der Waals surface area contributed by atoms with Crippen molar-refractivity contribution in [1.29, 1.82) is 0 Å². The second-order valence-electron chi connectivity index (χ2n) is 5.81. The lowest BCUT2D eigenvalue weighted by Crippen LogP contribution is -2.30. The van der Waals surface area contributed by atoms with E-state index in [1.165, 1.54) is 35.3 Å². The van der Waals surface area contributed by atoms with Gasteiger partial charge in [0.2, 0.25) is 0 Å². The van der Waals surface area contributed by atoms with Crippen molar-refractivity contribution in [2.75, 3.05) is 24.5 Å². The largest absolute Gasteiger partial charge is 0.371 e. The van der Waals surface area contributed by atoms with Crippen molar-refractivity contribution in [1.82, 2.24) is 5.32 Å². The standard InChI is InChI=1S/C16H22N2S/c1-12(2)17-10-13-5-7-18(11-13)15-3-4-16-14(9-15)6-8-19-16/h3-4,6,8-9,12-13,17H,5,7,10-11H2,1-2H3. The summed E-state index contributed by atoms with van der Waals surface area (Å²) in [6.07, 6.45) is 1.31. The Bertz CT molecular complexity index is 546. The van der Waals surface area contributed by atoms with Gasteiger partial charge in [-0.1, -0.05) is 13.8 Å². The van der Waals surface area contributed by atoms with E-state index in [0.29, 0.717) is 6.04 Å². The molecule has 0 aliphatic carbocycles. The Kier molecular flexibility index (Phi) is 3.76. The van der Waals surface area contributed by atoms with E-state index in [1.807, 2.05) is 11.3 Å². The molecule has 0 amide bonds. The van der Waals surface area contributed by atoms with E-state index in [1.54, 1.807) is 0 Å². The van der Waals surface area contributed by atoms with Gasteiger partial charge in [-0.05, 0) is 53.9 Å². The Hall–Kier alpha value is -1.06. The normalized spacial score (nSPS) is 19.7. The van der Waals surface area contributed by atoms with Gasteiger partial charge in [0, 0.05) is 29.5 Å². The zero-order chi connectivity index (χ0) is 13.2. The number of nitrogens with one attached hydrogen (secondary N) is 1. The van der Waals surface area contributed by atoms with E-state index in [4.69, 9.17) is 0 Å². The zero-order valence-electron chi connectivity index (χ0n) is 11.7. The van der Waals surface area contributed by atoms with Crippen LogP contribution in [0.15, 0.2) is 29.6 Å². The number of rotatable bonds is 4. The van der Waals surface area contributed by atoms with Crippen LogP contribution in [-0.2, 0) is 0 Å². The lowest BCUT2D eigenvalue weighted by Gasteiger charge is -2.19. The van der Waals surface area contributed by atoms with Crippen LogP contribution in [0.2, 0.25) is 0 Å². The second-order valence-corrected chi connectivity index (χ2v) is 6.75. The molecule has 2 heterocycles. The molecule has 0 radical (unpaired) electrons. The molecule has 19 heavy (non-hydrogen) atoms. The Morgan fingerprint density at radius 2 is 2.26 bits per heavy atom. The second kappa shape index (κ2) is 5.51. The molecule has 1 aromatic heterocycles. The van der Waals surface area contributed by atoms with Crippen molar-refractivity contribution in [3.63, 3.8) is 0 Å². The summed E-state index contributed by atoms with van der Waals surface area (Å²) in [4.78, 5) is 2.53. The van der Waals surface area contributed by atoms with Crippen LogP contribution in [0.3, 0.4) is 0 Å². The first kappa shape index (κ1) is 12.9. The molecule has 0 saturated carbocycles. The molecule has 3 rings (SSSR count). The van der Waals surface area contributed by atoms with Crippen LogP contribution >= 0.6 is 11.3 Å². The summed E-state index contributed by atoms with van der Waals surface area (Å²) in [5.41, 5.74) is 1.39. The fraction of sp³-hybridized carbons (Fsp3) is 0.500. The van der Waals surface area contributed by atoms with Crippen LogP contribution in [0, 0.1) is 5.92 Å². The minimum absolute atomic E-state index is 0.594. The maximum atomic E-state index is 3.56. The number of hydrogen-bond donors (Lipinski definition) is 1. The summed E-state index contributed by atoms with van der Waals surface area (Å²) in [6, 6.07) is 9.68. The average molecular weight is 274 g/mol. The number of nitrogens with zero attached hydrogens (tertiary/aromatic N) is 1. The van der Waals surface area contributed by atoms with Crippen LogP contribution < -0.4 is 10.2 Å². The highest BCUT2D eigenvalue weighted by Gasteiger charge is 2.22. The van der Waals surface area contributed by atoms with Crippen LogP contribution in [0.5, 0.6) is 0 Å². The number of hydrogen-bond acceptors (Lipinski definition) is 3. The fourth-order valence-corrected chi connectivity index (χ4v) is 3.56. The van der Waals surface area contributed by atoms with Gasteiger partial charge < -0.3 is 10.2 Å². The highest BCUT2D eigenvalue weighted by molar-refractivity contribution is 7.17. The third-order valence-electron chi connectivity index (χ3n) is 3.90. The van der Waals surface area contributed by atoms with E-state index in [0.717, 1.165) is 12.5 Å². The van der Waals surface area contributed by atoms with E-state index < -0.39 is 0 Å². The van der Waals surface area contributed by atoms with Crippen molar-refractivity contribution in [2.24, 2.45) is 5.92 Å². The summed E-state index contributed by atoms with van der Waals surface area (Å²) in [7, 11) is 0. The quantitative estimate of drug-likeness (QED) is 0.914. The molecule has 3 heteroatoms. The molecule has 1 aliphatic rings. The molecule has 102 valence electrons. The van der Waals surface area contributed by atoms with Crippen LogP contribution in [0.1, 0.15) is 20.3 Å². The highest BCUT2D eigenvalue weighted by atomic mass is 32.1. The first-order valence-corrected chi connectivity index (χ1v) is 8.06. The molecule has 1 aliphatic heterocycles. The van der Waals surface area contributed by atoms with E-state index in [-0.39, 0.29) is 0 Å². The topological polar surface area (TPSA) is 15.3 Å². The van der Waals surface area contributed by atoms with Crippen molar-refractivity contribution < 1.29 is 0 Å². The molecule has 1 fully saturated rings. The third kappa shape index (κ3) is 2.93. The van der Waals surface area contributed by atoms with Crippen LogP contribution in [0.4, 0.5) is 5.69 Å². The monoisotopic (exact) mass is 274 g/mol. The molecule has 1 unspecified atom stereocenters. The van der Waals surface area contributed by atoms with Crippen LogP contribution in [-0.4, -0.2) is 25.7 Å². The molecule has 1 N–H and O–H groups in total. The molecular weight excluding hydrogens is 252 g/mol. The van der Waals surface area contributed by atoms with Crippen molar-refractivity contribution in [3.8, 4) is 0 Å². The first-order valence-electron chi connectivity index (χ1n) is 7.18. The van der Waals surface area contributed by atoms with E-state index in [2.05, 4.69) is 53.7 Å². The smallest absolute Gasteiger partial charge is 0.0373 e. The average Bonchev–Trinajstić information content (AvgIpc) is 3.04. The van der Waals surface area contributed by atoms with E-state index >= 15 is 0 Å². The molecule has 2 aromatic rings. The SMILES string of the molecule is CC(C)NCC1CCN(c2ccc3sccc3c2)C1. The Balaban J connectivity index is 1.66. The maximum absolute atomic E-state index is 3.56. The first-order chi connectivity index (χ1) is 9.22. The number of fused-ring (bicyclic) bond motifs is 1. The van der Waals surface area contributed by atoms with Gasteiger partial charge in [0.25, 0.3) is 0 Å². The molecule has 0 bridgehead atoms. The van der Waals surface area contributed by atoms with Gasteiger partial charge in [-0.25, -0.2) is 0 Å². The van der Waals surface area contributed by atoms with Crippen molar-refractivity contribution in [2.45, 2.75) is 26.3 Å². The van der Waals surface area contributed by atoms with Gasteiger partial charge in [-0.15, -0.1) is 11.3 Å². The van der Waals surface area contributed by atoms with Gasteiger partial charge in [-0.2, -0.15) is 0 Å². The molecule has 2 nitrogen and oxygen atoms in total. The predicted octanol–water partition coefficient (Wildman–Crippen LogP) is 3.73. The maximum Gasteiger partial charge on any atom is 0.0373 e. The number of anilines is 1. The summed E-state index contributed by atoms with van der Waals surface area (Å²) in [5, 5.41) is 7.12. The van der Waals surface area contributed by atoms with Crippen molar-refractivity contribution in [3.05, 3.63) is 29.6 Å². The Morgan fingerprint density at radius 1 is 1.37 bits per heavy atom. The highest BCUT2D eigenvalue weighted by Crippen LogP contribution is 2.29. The van der Waals surface area contributed by atoms with Gasteiger partial charge in [0.15, 0.2) is 0 Å². The molecule has 1 saturated heterocycles. The van der Waals surface area contributed by atoms with E-state index in [9.17, 15) is 0 Å². The third-order valence-corrected chi connectivity index (χ3v) is 4.80. The number of benzene rings is 1. The lowest BCUT2D eigenvalue weighted by atomic mass is 10.1. The fourth-order valence-electron chi connectivity index (χ4n) is 2.79. The van der Waals surface area contributed by atoms with Gasteiger partial charge in [-0.3, -0.25) is 0 Å². The summed E-state index contributed by atoms with van der Waals surface area (Å²) >= 11 is 1.82. The van der Waals surface area contributed by atoms with Gasteiger partial charge in [0.05, 0.1) is 0 Å². The zero-order valence-corrected chi connectivity index (χ0v) is 12.5. The lowest BCUT2D eigenvalue weighted by molar-refractivity contribution is 0.480. The van der Waals surface area contributed by atoms with Gasteiger partial charge >= 0.3 is 0 Å². The Morgan fingerprint density at radius 3 is 3.11 bits per heavy atom. The predicted molar refractivity (Wildman–Crippen MR) is 85.3 cm³/mol. The summed E-state index contributed by atoms with van der Waals surface area (Å²) < 4.78 is 1.39. The molecule has 0 spiro atoms. The minimum atomic E-state index is 0.594. The molecule has 1 aromatic carbocycles. The number of thiophene rings is 1. The molecular formula is C16H22N2S. The minimum Gasteiger partial charge on any atom is -0.371 e. The van der Waals surface area contributed by atoms with Gasteiger partial charge in [0.1, 0.15) is 0 Å². The summed E-state index contributed by atoms with van der Waals surface area (Å²) in [5.74, 6) is 0.792. The van der Waals surface area contributed by atoms with Crippen LogP contribution in [0.25, 0.3) is 10.1 Å². The Labute approximate surface area is 119 Å².